The van der Waals surface area contributed by atoms with Gasteiger partial charge in [-0.1, -0.05) is 67.6 Å². The molecule has 2 aliphatic heterocycles. The van der Waals surface area contributed by atoms with Crippen LogP contribution >= 0.6 is 0 Å². The van der Waals surface area contributed by atoms with Crippen LogP contribution in [0, 0.1) is 0 Å². The minimum absolute atomic E-state index is 0.0287. The average Bonchev–Trinajstić information content (AvgIpc) is 3.67. The number of benzene rings is 4. The number of aromatic hydroxyl groups is 1. The number of imide groups is 1. The number of allylic oxidation sites excluding steroid dienone is 1. The molecule has 4 aromatic carbocycles. The molecule has 4 aromatic rings. The molecule has 0 aliphatic carbocycles. The molecular formula is C51H62N4O11. The number of rotatable bonds is 28. The van der Waals surface area contributed by atoms with Gasteiger partial charge in [-0.2, -0.15) is 0 Å². The second kappa shape index (κ2) is 26.1. The maximum absolute atomic E-state index is 13.0. The zero-order valence-corrected chi connectivity index (χ0v) is 38.0. The fourth-order valence-corrected chi connectivity index (χ4v) is 7.79. The Kier molecular flexibility index (Phi) is 19.5. The summed E-state index contributed by atoms with van der Waals surface area (Å²) in [6, 6.07) is 30.4. The number of piperidine rings is 1. The minimum Gasteiger partial charge on any atom is -0.508 e. The van der Waals surface area contributed by atoms with Crippen LogP contribution in [0.2, 0.25) is 0 Å². The first-order chi connectivity index (χ1) is 32.2. The quantitative estimate of drug-likeness (QED) is 0.0348. The first kappa shape index (κ1) is 49.3. The molecule has 3 N–H and O–H groups in total. The number of hydrogen-bond donors (Lipinski definition) is 3. The smallest absolute Gasteiger partial charge is 0.255 e. The predicted molar refractivity (Wildman–Crippen MR) is 250 cm³/mol. The number of nitrogens with one attached hydrogen (secondary N) is 2. The molecule has 0 aromatic heterocycles. The Hall–Kier alpha value is -6.10. The van der Waals surface area contributed by atoms with Gasteiger partial charge in [0.15, 0.2) is 0 Å². The van der Waals surface area contributed by atoms with Crippen LogP contribution in [0.4, 0.5) is 5.69 Å². The number of phenolic OH excluding ortho intramolecular Hbond substituents is 1. The fraction of sp³-hybridized carbons (Fsp3) is 0.412. The highest BCUT2D eigenvalue weighted by Crippen LogP contribution is 2.36. The molecule has 2 heterocycles. The van der Waals surface area contributed by atoms with E-state index in [2.05, 4.69) is 29.7 Å². The van der Waals surface area contributed by atoms with Gasteiger partial charge in [0, 0.05) is 43.4 Å². The molecule has 2 aliphatic rings. The Morgan fingerprint density at radius 3 is 1.95 bits per heavy atom. The molecule has 1 saturated heterocycles. The maximum Gasteiger partial charge on any atom is 0.255 e. The van der Waals surface area contributed by atoms with Crippen LogP contribution in [0.3, 0.4) is 0 Å². The summed E-state index contributed by atoms with van der Waals surface area (Å²) in [6.45, 7) is 7.83. The van der Waals surface area contributed by atoms with Gasteiger partial charge in [0.05, 0.1) is 79.0 Å². The van der Waals surface area contributed by atoms with E-state index in [1.54, 1.807) is 30.1 Å². The number of phenols is 1. The number of ether oxygens (including phenoxy) is 6. The zero-order chi connectivity index (χ0) is 46.5. The topological polar surface area (TPSA) is 174 Å². The van der Waals surface area contributed by atoms with Crippen molar-refractivity contribution in [3.05, 3.63) is 125 Å². The molecule has 1 fully saturated rings. The molecule has 0 saturated carbocycles. The summed E-state index contributed by atoms with van der Waals surface area (Å²) in [7, 11) is 1.76. The van der Waals surface area contributed by atoms with Crippen LogP contribution in [0.1, 0.15) is 65.2 Å². The van der Waals surface area contributed by atoms with Crippen molar-refractivity contribution in [1.29, 1.82) is 0 Å². The molecule has 0 spiro atoms. The zero-order valence-electron chi connectivity index (χ0n) is 38.0. The Labute approximate surface area is 386 Å². The number of carbonyl (C=O) groups excluding carboxylic acids is 4. The highest BCUT2D eigenvalue weighted by molar-refractivity contribution is 6.06. The largest absolute Gasteiger partial charge is 0.508 e. The molecule has 352 valence electrons. The Balaban J connectivity index is 0.742. The fourth-order valence-electron chi connectivity index (χ4n) is 7.79. The first-order valence-electron chi connectivity index (χ1n) is 22.7. The van der Waals surface area contributed by atoms with Crippen LogP contribution in [-0.4, -0.2) is 137 Å². The summed E-state index contributed by atoms with van der Waals surface area (Å²) in [5.74, 6) is -0.0302. The third-order valence-corrected chi connectivity index (χ3v) is 11.3. The molecule has 66 heavy (non-hydrogen) atoms. The van der Waals surface area contributed by atoms with Crippen LogP contribution in [0.25, 0.3) is 11.1 Å². The second-order valence-electron chi connectivity index (χ2n) is 15.8. The average molecular weight is 907 g/mol. The Bertz CT molecular complexity index is 2220. The van der Waals surface area contributed by atoms with E-state index in [0.29, 0.717) is 110 Å². The third kappa shape index (κ3) is 14.4. The van der Waals surface area contributed by atoms with Gasteiger partial charge in [0.25, 0.3) is 5.91 Å². The molecule has 1 unspecified atom stereocenters. The molecule has 15 heteroatoms. The Morgan fingerprint density at radius 1 is 0.727 bits per heavy atom. The monoisotopic (exact) mass is 906 g/mol. The number of likely N-dealkylation sites (N-methyl/N-ethyl adjacent to an activating group) is 1. The summed E-state index contributed by atoms with van der Waals surface area (Å²) in [5, 5.41) is 15.6. The van der Waals surface area contributed by atoms with Gasteiger partial charge >= 0.3 is 0 Å². The molecule has 4 amide bonds. The van der Waals surface area contributed by atoms with Gasteiger partial charge in [-0.05, 0) is 77.1 Å². The lowest BCUT2D eigenvalue weighted by molar-refractivity contribution is -0.137. The van der Waals surface area contributed by atoms with Crippen LogP contribution in [0.15, 0.2) is 97.1 Å². The number of hydrogen-bond acceptors (Lipinski definition) is 12. The normalized spacial score (nSPS) is 15.0. The van der Waals surface area contributed by atoms with E-state index >= 15 is 0 Å². The second-order valence-corrected chi connectivity index (χ2v) is 15.8. The van der Waals surface area contributed by atoms with E-state index in [1.807, 2.05) is 66.7 Å². The SMILES string of the molecule is CC/C(=C(\c1ccc(O)cc1)c1ccc(OCCN(C)C(=O)CCOCCOCCOCCOCCOCCNc2cccc3c2CN(C2CCC(=O)NC2=O)C3=O)cc1)c1ccccc1. The van der Waals surface area contributed by atoms with E-state index < -0.39 is 11.9 Å². The Morgan fingerprint density at radius 2 is 1.33 bits per heavy atom. The summed E-state index contributed by atoms with van der Waals surface area (Å²) >= 11 is 0. The van der Waals surface area contributed by atoms with E-state index in [1.165, 1.54) is 10.5 Å². The molecule has 6 rings (SSSR count). The van der Waals surface area contributed by atoms with Gasteiger partial charge in [-0.25, -0.2) is 0 Å². The summed E-state index contributed by atoms with van der Waals surface area (Å²) in [6.07, 6.45) is 1.63. The number of anilines is 1. The summed E-state index contributed by atoms with van der Waals surface area (Å²) < 4.78 is 34.0. The van der Waals surface area contributed by atoms with Crippen LogP contribution < -0.4 is 15.4 Å². The predicted octanol–water partition coefficient (Wildman–Crippen LogP) is 5.94. The van der Waals surface area contributed by atoms with Crippen molar-refractivity contribution in [3.63, 3.8) is 0 Å². The van der Waals surface area contributed by atoms with E-state index in [4.69, 9.17) is 28.4 Å². The standard InChI is InChI=1S/C51H62N4O11/c1-3-42(37-8-5-4-6-9-37)49(38-12-16-40(56)17-13-38)39-14-18-41(19-15-39)66-27-24-54(2)48(58)22-25-61-28-30-63-32-34-65-35-33-64-31-29-62-26-23-52-45-11-7-10-43-44(45)36-55(51(43)60)46-20-21-47(57)53-50(46)59/h4-19,46,52,56H,3,20-36H2,1-2H3,(H,53,57,59)/b49-42-. The van der Waals surface area contributed by atoms with Crippen molar-refractivity contribution in [2.45, 2.75) is 45.2 Å². The number of nitrogens with zero attached hydrogens (tertiary/aromatic N) is 2. The summed E-state index contributed by atoms with van der Waals surface area (Å²) in [5.41, 5.74) is 7.74. The van der Waals surface area contributed by atoms with Gasteiger partial charge in [-0.15, -0.1) is 0 Å². The number of fused-ring (bicyclic) bond motifs is 1. The molecule has 0 bridgehead atoms. The lowest BCUT2D eigenvalue weighted by atomic mass is 9.88. The molecule has 0 radical (unpaired) electrons. The van der Waals surface area contributed by atoms with Crippen LogP contribution in [0.5, 0.6) is 11.5 Å². The summed E-state index contributed by atoms with van der Waals surface area (Å²) in [4.78, 5) is 52.8. The minimum atomic E-state index is -0.650. The maximum atomic E-state index is 13.0. The van der Waals surface area contributed by atoms with Crippen molar-refractivity contribution >= 4 is 40.5 Å². The highest BCUT2D eigenvalue weighted by atomic mass is 16.6. The number of amides is 4. The van der Waals surface area contributed by atoms with Gasteiger partial charge in [0.2, 0.25) is 17.7 Å². The van der Waals surface area contributed by atoms with E-state index in [9.17, 15) is 24.3 Å². The third-order valence-electron chi connectivity index (χ3n) is 11.3. The van der Waals surface area contributed by atoms with Gasteiger partial charge < -0.3 is 48.6 Å². The molecule has 15 nitrogen and oxygen atoms in total. The van der Waals surface area contributed by atoms with Crippen LogP contribution in [-0.2, 0) is 44.6 Å². The van der Waals surface area contributed by atoms with Crippen molar-refractivity contribution in [3.8, 4) is 11.5 Å². The van der Waals surface area contributed by atoms with Gasteiger partial charge in [0.1, 0.15) is 24.1 Å². The van der Waals surface area contributed by atoms with E-state index in [0.717, 1.165) is 39.9 Å². The highest BCUT2D eigenvalue weighted by Gasteiger charge is 2.39. The van der Waals surface area contributed by atoms with Crippen molar-refractivity contribution in [2.75, 3.05) is 98.1 Å². The van der Waals surface area contributed by atoms with Crippen molar-refractivity contribution < 1.29 is 52.7 Å². The number of carbonyl (C=O) groups is 4. The van der Waals surface area contributed by atoms with Gasteiger partial charge in [-0.3, -0.25) is 24.5 Å². The first-order valence-corrected chi connectivity index (χ1v) is 22.7. The molecular weight excluding hydrogens is 845 g/mol. The lowest BCUT2D eigenvalue weighted by Crippen LogP contribution is -2.52. The van der Waals surface area contributed by atoms with E-state index in [-0.39, 0.29) is 36.3 Å². The lowest BCUT2D eigenvalue weighted by Gasteiger charge is -2.29. The van der Waals surface area contributed by atoms with Crippen molar-refractivity contribution in [1.82, 2.24) is 15.1 Å². The van der Waals surface area contributed by atoms with Crippen molar-refractivity contribution in [2.24, 2.45) is 0 Å². The molecule has 1 atom stereocenters.